The highest BCUT2D eigenvalue weighted by molar-refractivity contribution is 7.59. The van der Waals surface area contributed by atoms with Gasteiger partial charge < -0.3 is 9.51 Å². The number of hydrogen-bond acceptors (Lipinski definition) is 3. The second-order valence-electron chi connectivity index (χ2n) is 9.08. The Hall–Kier alpha value is -3.88. The quantitative estimate of drug-likeness (QED) is 0.237. The molecule has 0 spiro atoms. The molecule has 4 aromatic carbocycles. The van der Waals surface area contributed by atoms with Gasteiger partial charge in [-0.15, -0.1) is 0 Å². The summed E-state index contributed by atoms with van der Waals surface area (Å²) in [4.78, 5) is 8.48. The number of nitrogens with zero attached hydrogens (tertiary/aromatic N) is 1. The van der Waals surface area contributed by atoms with Gasteiger partial charge in [0.15, 0.2) is 0 Å². The van der Waals surface area contributed by atoms with Crippen LogP contribution >= 0.6 is 7.37 Å². The molecule has 0 fully saturated rings. The number of pyridine rings is 1. The second kappa shape index (κ2) is 8.96. The topological polar surface area (TPSA) is 55.0 Å². The van der Waals surface area contributed by atoms with Crippen LogP contribution in [0.2, 0.25) is 0 Å². The van der Waals surface area contributed by atoms with Crippen molar-refractivity contribution in [3.63, 3.8) is 0 Å². The molecule has 0 amide bonds. The van der Waals surface area contributed by atoms with Gasteiger partial charge in [-0.1, -0.05) is 74.5 Å². The van der Waals surface area contributed by atoms with Crippen LogP contribution in [-0.4, -0.2) is 22.3 Å². The average Bonchev–Trinajstić information content (AvgIpc) is 3.37. The zero-order chi connectivity index (χ0) is 24.7. The lowest BCUT2D eigenvalue weighted by molar-refractivity contribution is 0.475. The van der Waals surface area contributed by atoms with Crippen LogP contribution in [0.3, 0.4) is 0 Å². The van der Waals surface area contributed by atoms with E-state index in [1.165, 1.54) is 10.8 Å². The molecular formula is C31H27N2O2P. The third-order valence-electron chi connectivity index (χ3n) is 6.91. The number of para-hydroxylation sites is 1. The first-order valence-corrected chi connectivity index (χ1v) is 14.3. The summed E-state index contributed by atoms with van der Waals surface area (Å²) in [7, 11) is -2.75. The van der Waals surface area contributed by atoms with Crippen molar-refractivity contribution in [1.29, 1.82) is 0 Å². The highest BCUT2D eigenvalue weighted by Crippen LogP contribution is 2.46. The van der Waals surface area contributed by atoms with Crippen LogP contribution in [-0.2, 0) is 4.57 Å². The van der Waals surface area contributed by atoms with Crippen LogP contribution in [0.4, 0.5) is 0 Å². The Balaban J connectivity index is 1.61. The Labute approximate surface area is 210 Å². The molecule has 0 aliphatic heterocycles. The van der Waals surface area contributed by atoms with Gasteiger partial charge in [0, 0.05) is 45.9 Å². The summed E-state index contributed by atoms with van der Waals surface area (Å²) in [6, 6.07) is 33.5. The molecule has 2 heterocycles. The largest absolute Gasteiger partial charge is 0.425 e. The SMILES string of the molecule is CCP(=O)(CC)Oc1ccc2cc(-c3cc4ccccc4[nH]3)cc(-c3cccc4ccccc34)c2n1. The van der Waals surface area contributed by atoms with E-state index in [1.54, 1.807) is 0 Å². The van der Waals surface area contributed by atoms with Crippen molar-refractivity contribution in [1.82, 2.24) is 9.97 Å². The monoisotopic (exact) mass is 490 g/mol. The van der Waals surface area contributed by atoms with Crippen molar-refractivity contribution < 1.29 is 9.09 Å². The average molecular weight is 491 g/mol. The maximum Gasteiger partial charge on any atom is 0.249 e. The summed E-state index contributed by atoms with van der Waals surface area (Å²) in [5.41, 5.74) is 6.21. The van der Waals surface area contributed by atoms with Crippen molar-refractivity contribution in [3.8, 4) is 28.3 Å². The Bertz CT molecular complexity index is 1740. The molecule has 6 rings (SSSR count). The molecule has 0 aliphatic rings. The summed E-state index contributed by atoms with van der Waals surface area (Å²) < 4.78 is 19.0. The highest BCUT2D eigenvalue weighted by atomic mass is 31.2. The Kier molecular flexibility index (Phi) is 5.62. The second-order valence-corrected chi connectivity index (χ2v) is 12.2. The molecule has 4 nitrogen and oxygen atoms in total. The van der Waals surface area contributed by atoms with Crippen LogP contribution in [0.1, 0.15) is 13.8 Å². The molecule has 1 N–H and O–H groups in total. The predicted molar refractivity (Wildman–Crippen MR) is 151 cm³/mol. The molecule has 2 aromatic heterocycles. The molecule has 0 radical (unpaired) electrons. The molecule has 0 saturated heterocycles. The summed E-state index contributed by atoms with van der Waals surface area (Å²) in [5.74, 6) is 0.411. The summed E-state index contributed by atoms with van der Waals surface area (Å²) in [6.07, 6.45) is 0.970. The van der Waals surface area contributed by atoms with Gasteiger partial charge in [-0.05, 0) is 52.2 Å². The van der Waals surface area contributed by atoms with Gasteiger partial charge >= 0.3 is 0 Å². The maximum atomic E-state index is 13.0. The fraction of sp³-hybridized carbons (Fsp3) is 0.129. The number of aromatic amines is 1. The first kappa shape index (κ1) is 22.6. The van der Waals surface area contributed by atoms with Crippen LogP contribution in [0.5, 0.6) is 5.88 Å². The van der Waals surface area contributed by atoms with Gasteiger partial charge in [-0.25, -0.2) is 4.98 Å². The van der Waals surface area contributed by atoms with Crippen LogP contribution in [0, 0.1) is 0 Å². The molecular weight excluding hydrogens is 463 g/mol. The normalized spacial score (nSPS) is 11.9. The number of aromatic nitrogens is 2. The fourth-order valence-corrected chi connectivity index (χ4v) is 5.99. The summed E-state index contributed by atoms with van der Waals surface area (Å²) in [6.45, 7) is 3.80. The molecule has 0 unspecified atom stereocenters. The van der Waals surface area contributed by atoms with Crippen molar-refractivity contribution >= 4 is 39.9 Å². The Morgan fingerprint density at radius 3 is 2.31 bits per heavy atom. The van der Waals surface area contributed by atoms with Crippen LogP contribution in [0.15, 0.2) is 97.1 Å². The van der Waals surface area contributed by atoms with Gasteiger partial charge in [-0.2, -0.15) is 0 Å². The van der Waals surface area contributed by atoms with Gasteiger partial charge in [-0.3, -0.25) is 4.57 Å². The van der Waals surface area contributed by atoms with Gasteiger partial charge in [0.25, 0.3) is 0 Å². The molecule has 0 saturated carbocycles. The summed E-state index contributed by atoms with van der Waals surface area (Å²) in [5, 5.41) is 4.52. The Morgan fingerprint density at radius 2 is 1.50 bits per heavy atom. The molecule has 0 bridgehead atoms. The molecule has 5 heteroatoms. The number of H-pyrrole nitrogens is 1. The van der Waals surface area contributed by atoms with E-state index in [0.29, 0.717) is 18.2 Å². The van der Waals surface area contributed by atoms with Crippen LogP contribution in [0.25, 0.3) is 55.0 Å². The number of hydrogen-bond donors (Lipinski definition) is 1. The number of fused-ring (bicyclic) bond motifs is 3. The van der Waals surface area contributed by atoms with Crippen molar-refractivity contribution in [2.45, 2.75) is 13.8 Å². The van der Waals surface area contributed by atoms with E-state index >= 15 is 0 Å². The number of rotatable bonds is 6. The van der Waals surface area contributed by atoms with Crippen molar-refractivity contribution in [2.24, 2.45) is 0 Å². The Morgan fingerprint density at radius 1 is 0.750 bits per heavy atom. The molecule has 0 aliphatic carbocycles. The van der Waals surface area contributed by atoms with Gasteiger partial charge in [0.2, 0.25) is 13.2 Å². The molecule has 6 aromatic rings. The number of nitrogens with one attached hydrogen (secondary N) is 1. The lowest BCUT2D eigenvalue weighted by Gasteiger charge is -2.17. The van der Waals surface area contributed by atoms with E-state index in [1.807, 2.05) is 32.0 Å². The van der Waals surface area contributed by atoms with Crippen molar-refractivity contribution in [3.05, 3.63) is 97.1 Å². The minimum atomic E-state index is -2.75. The lowest BCUT2D eigenvalue weighted by atomic mass is 9.94. The molecule has 0 atom stereocenters. The number of benzene rings is 4. The van der Waals surface area contributed by atoms with Gasteiger partial charge in [0.05, 0.1) is 5.52 Å². The van der Waals surface area contributed by atoms with E-state index in [4.69, 9.17) is 9.51 Å². The van der Waals surface area contributed by atoms with Crippen LogP contribution < -0.4 is 4.52 Å². The first-order chi connectivity index (χ1) is 17.6. The van der Waals surface area contributed by atoms with Crippen molar-refractivity contribution in [2.75, 3.05) is 12.3 Å². The van der Waals surface area contributed by atoms with E-state index in [0.717, 1.165) is 44.2 Å². The molecule has 178 valence electrons. The lowest BCUT2D eigenvalue weighted by Crippen LogP contribution is -2.00. The zero-order valence-corrected chi connectivity index (χ0v) is 21.3. The highest BCUT2D eigenvalue weighted by Gasteiger charge is 2.21. The third kappa shape index (κ3) is 3.98. The predicted octanol–water partition coefficient (Wildman–Crippen LogP) is 8.90. The standard InChI is InChI=1S/C31H27N2O2P/c1-3-36(34,4-2)35-30-17-16-23-18-24(29-20-22-11-6-8-15-28(22)32-29)19-27(31(23)33-30)26-14-9-12-21-10-5-7-13-25(21)26/h5-20,32H,3-4H2,1-2H3. The minimum Gasteiger partial charge on any atom is -0.425 e. The molecule has 36 heavy (non-hydrogen) atoms. The first-order valence-electron chi connectivity index (χ1n) is 12.4. The van der Waals surface area contributed by atoms with E-state index in [2.05, 4.69) is 83.8 Å². The third-order valence-corrected chi connectivity index (χ3v) is 9.36. The minimum absolute atomic E-state index is 0.411. The summed E-state index contributed by atoms with van der Waals surface area (Å²) >= 11 is 0. The smallest absolute Gasteiger partial charge is 0.249 e. The fourth-order valence-electron chi connectivity index (χ4n) is 4.84. The van der Waals surface area contributed by atoms with E-state index in [9.17, 15) is 4.57 Å². The van der Waals surface area contributed by atoms with E-state index in [-0.39, 0.29) is 0 Å². The van der Waals surface area contributed by atoms with Gasteiger partial charge in [0.1, 0.15) is 0 Å². The maximum absolute atomic E-state index is 13.0. The zero-order valence-electron chi connectivity index (χ0n) is 20.4. The van der Waals surface area contributed by atoms with E-state index < -0.39 is 7.37 Å².